The first kappa shape index (κ1) is 18.2. The topological polar surface area (TPSA) is 50.4 Å². The molecule has 0 saturated heterocycles. The SMILES string of the molecule is C=C(C)COc1ccc(NC(=O)CNc2cc(Cl)ccc2Cl)cc1. The van der Waals surface area contributed by atoms with Gasteiger partial charge >= 0.3 is 0 Å². The first-order chi connectivity index (χ1) is 11.4. The minimum Gasteiger partial charge on any atom is -0.489 e. The molecule has 6 heteroatoms. The number of anilines is 2. The van der Waals surface area contributed by atoms with Crippen LogP contribution in [0.1, 0.15) is 6.92 Å². The maximum Gasteiger partial charge on any atom is 0.243 e. The second kappa shape index (κ2) is 8.62. The van der Waals surface area contributed by atoms with Crippen LogP contribution in [0.2, 0.25) is 10.0 Å². The van der Waals surface area contributed by atoms with E-state index in [-0.39, 0.29) is 12.5 Å². The minimum absolute atomic E-state index is 0.0774. The molecule has 126 valence electrons. The van der Waals surface area contributed by atoms with Crippen molar-refractivity contribution in [1.29, 1.82) is 0 Å². The first-order valence-corrected chi connectivity index (χ1v) is 8.05. The standard InChI is InChI=1S/C18H18Cl2N2O2/c1-12(2)11-24-15-6-4-14(5-7-15)22-18(23)10-21-17-9-13(19)3-8-16(17)20/h3-9,21H,1,10-11H2,2H3,(H,22,23). The van der Waals surface area contributed by atoms with Gasteiger partial charge in [-0.25, -0.2) is 0 Å². The molecule has 0 saturated carbocycles. The number of carbonyl (C=O) groups is 1. The monoisotopic (exact) mass is 364 g/mol. The quantitative estimate of drug-likeness (QED) is 0.679. The molecule has 0 aliphatic heterocycles. The highest BCUT2D eigenvalue weighted by Crippen LogP contribution is 2.25. The Bertz CT molecular complexity index is 730. The number of hydrogen-bond acceptors (Lipinski definition) is 3. The molecular formula is C18H18Cl2N2O2. The molecule has 0 spiro atoms. The fraction of sp³-hybridized carbons (Fsp3) is 0.167. The Morgan fingerprint density at radius 3 is 2.54 bits per heavy atom. The zero-order valence-electron chi connectivity index (χ0n) is 13.2. The van der Waals surface area contributed by atoms with Gasteiger partial charge in [-0.05, 0) is 55.0 Å². The van der Waals surface area contributed by atoms with E-state index in [4.69, 9.17) is 27.9 Å². The molecule has 0 aliphatic carbocycles. The zero-order chi connectivity index (χ0) is 17.5. The summed E-state index contributed by atoms with van der Waals surface area (Å²) in [5.74, 6) is 0.529. The highest BCUT2D eigenvalue weighted by atomic mass is 35.5. The predicted molar refractivity (Wildman–Crippen MR) is 100 cm³/mol. The number of ether oxygens (including phenoxy) is 1. The van der Waals surface area contributed by atoms with Crippen molar-refractivity contribution in [2.24, 2.45) is 0 Å². The molecule has 0 aliphatic rings. The van der Waals surface area contributed by atoms with Crippen LogP contribution >= 0.6 is 23.2 Å². The van der Waals surface area contributed by atoms with Gasteiger partial charge in [-0.15, -0.1) is 0 Å². The first-order valence-electron chi connectivity index (χ1n) is 7.30. The molecule has 0 atom stereocenters. The largest absolute Gasteiger partial charge is 0.489 e. The number of amides is 1. The number of rotatable bonds is 7. The lowest BCUT2D eigenvalue weighted by Crippen LogP contribution is -2.21. The van der Waals surface area contributed by atoms with Crippen LogP contribution in [-0.4, -0.2) is 19.1 Å². The van der Waals surface area contributed by atoms with Crippen molar-refractivity contribution in [2.45, 2.75) is 6.92 Å². The lowest BCUT2D eigenvalue weighted by atomic mass is 10.3. The fourth-order valence-electron chi connectivity index (χ4n) is 1.85. The van der Waals surface area contributed by atoms with Crippen molar-refractivity contribution in [3.8, 4) is 5.75 Å². The van der Waals surface area contributed by atoms with Gasteiger partial charge in [0.05, 0.1) is 17.3 Å². The zero-order valence-corrected chi connectivity index (χ0v) is 14.7. The second-order valence-corrected chi connectivity index (χ2v) is 6.14. The lowest BCUT2D eigenvalue weighted by Gasteiger charge is -2.10. The van der Waals surface area contributed by atoms with Crippen molar-refractivity contribution in [3.05, 3.63) is 64.7 Å². The van der Waals surface area contributed by atoms with Crippen LogP contribution in [0, 0.1) is 0 Å². The molecular weight excluding hydrogens is 347 g/mol. The third-order valence-electron chi connectivity index (χ3n) is 2.99. The summed E-state index contributed by atoms with van der Waals surface area (Å²) in [6, 6.07) is 12.2. The van der Waals surface area contributed by atoms with Gasteiger partial charge in [-0.1, -0.05) is 29.8 Å². The van der Waals surface area contributed by atoms with Gasteiger partial charge in [0.25, 0.3) is 0 Å². The molecule has 0 unspecified atom stereocenters. The number of hydrogen-bond donors (Lipinski definition) is 2. The molecule has 2 N–H and O–H groups in total. The van der Waals surface area contributed by atoms with Gasteiger partial charge in [-0.3, -0.25) is 4.79 Å². The average Bonchev–Trinajstić information content (AvgIpc) is 2.55. The van der Waals surface area contributed by atoms with Gasteiger partial charge in [0.1, 0.15) is 12.4 Å². The van der Waals surface area contributed by atoms with Gasteiger partial charge in [0.15, 0.2) is 0 Å². The Hall–Kier alpha value is -2.17. The Balaban J connectivity index is 1.85. The summed E-state index contributed by atoms with van der Waals surface area (Å²) in [7, 11) is 0. The van der Waals surface area contributed by atoms with Crippen molar-refractivity contribution >= 4 is 40.5 Å². The van der Waals surface area contributed by atoms with Gasteiger partial charge < -0.3 is 15.4 Å². The number of benzene rings is 2. The second-order valence-electron chi connectivity index (χ2n) is 5.30. The molecule has 2 aromatic rings. The molecule has 0 heterocycles. The highest BCUT2D eigenvalue weighted by molar-refractivity contribution is 6.35. The summed E-state index contributed by atoms with van der Waals surface area (Å²) in [6.45, 7) is 6.22. The molecule has 24 heavy (non-hydrogen) atoms. The third-order valence-corrected chi connectivity index (χ3v) is 3.56. The fourth-order valence-corrected chi connectivity index (χ4v) is 2.21. The number of halogens is 2. The third kappa shape index (κ3) is 5.80. The maximum absolute atomic E-state index is 12.0. The van der Waals surface area contributed by atoms with Crippen LogP contribution < -0.4 is 15.4 Å². The summed E-state index contributed by atoms with van der Waals surface area (Å²) in [4.78, 5) is 12.0. The maximum atomic E-state index is 12.0. The van der Waals surface area contributed by atoms with Crippen LogP contribution in [0.5, 0.6) is 5.75 Å². The number of nitrogens with one attached hydrogen (secondary N) is 2. The van der Waals surface area contributed by atoms with E-state index in [1.807, 2.05) is 6.92 Å². The van der Waals surface area contributed by atoms with Crippen molar-refractivity contribution in [1.82, 2.24) is 0 Å². The number of carbonyl (C=O) groups excluding carboxylic acids is 1. The summed E-state index contributed by atoms with van der Waals surface area (Å²) in [6.07, 6.45) is 0. The van der Waals surface area contributed by atoms with Crippen molar-refractivity contribution in [2.75, 3.05) is 23.8 Å². The summed E-state index contributed by atoms with van der Waals surface area (Å²) >= 11 is 11.9. The van der Waals surface area contributed by atoms with Gasteiger partial charge in [0.2, 0.25) is 5.91 Å². The molecule has 0 bridgehead atoms. The van der Waals surface area contributed by atoms with Crippen LogP contribution in [0.15, 0.2) is 54.6 Å². The molecule has 0 radical (unpaired) electrons. The Morgan fingerprint density at radius 2 is 1.88 bits per heavy atom. The van der Waals surface area contributed by atoms with E-state index in [9.17, 15) is 4.79 Å². The summed E-state index contributed by atoms with van der Waals surface area (Å²) in [5, 5.41) is 6.80. The van der Waals surface area contributed by atoms with Crippen LogP contribution in [0.25, 0.3) is 0 Å². The van der Waals surface area contributed by atoms with E-state index in [2.05, 4.69) is 17.2 Å². The van der Waals surface area contributed by atoms with Crippen LogP contribution in [0.3, 0.4) is 0 Å². The molecule has 1 amide bonds. The van der Waals surface area contributed by atoms with Crippen molar-refractivity contribution < 1.29 is 9.53 Å². The average molecular weight is 365 g/mol. The van der Waals surface area contributed by atoms with E-state index >= 15 is 0 Å². The predicted octanol–water partition coefficient (Wildman–Crippen LogP) is 5.00. The van der Waals surface area contributed by atoms with Gasteiger partial charge in [-0.2, -0.15) is 0 Å². The van der Waals surface area contributed by atoms with E-state index in [1.165, 1.54) is 0 Å². The molecule has 4 nitrogen and oxygen atoms in total. The molecule has 0 fully saturated rings. The van der Waals surface area contributed by atoms with E-state index in [1.54, 1.807) is 42.5 Å². The molecule has 2 aromatic carbocycles. The molecule has 0 aromatic heterocycles. The van der Waals surface area contributed by atoms with E-state index in [0.717, 1.165) is 11.3 Å². The van der Waals surface area contributed by atoms with Gasteiger partial charge in [0, 0.05) is 10.7 Å². The normalized spacial score (nSPS) is 10.1. The molecule has 2 rings (SSSR count). The Morgan fingerprint density at radius 1 is 1.17 bits per heavy atom. The Kier molecular flexibility index (Phi) is 6.53. The smallest absolute Gasteiger partial charge is 0.243 e. The summed E-state index contributed by atoms with van der Waals surface area (Å²) < 4.78 is 5.51. The van der Waals surface area contributed by atoms with Crippen LogP contribution in [0.4, 0.5) is 11.4 Å². The lowest BCUT2D eigenvalue weighted by molar-refractivity contribution is -0.114. The van der Waals surface area contributed by atoms with E-state index in [0.29, 0.717) is 28.0 Å². The Labute approximate surface area is 151 Å². The highest BCUT2D eigenvalue weighted by Gasteiger charge is 2.06. The summed E-state index contributed by atoms with van der Waals surface area (Å²) in [5.41, 5.74) is 2.24. The van der Waals surface area contributed by atoms with Crippen molar-refractivity contribution in [3.63, 3.8) is 0 Å². The minimum atomic E-state index is -0.193. The van der Waals surface area contributed by atoms with E-state index < -0.39 is 0 Å². The van der Waals surface area contributed by atoms with Crippen LogP contribution in [-0.2, 0) is 4.79 Å².